The molecule has 2 bridgehead atoms. The fraction of sp³-hybridized carbons (Fsp3) is 0.450. The predicted molar refractivity (Wildman–Crippen MR) is 92.6 cm³/mol. The average Bonchev–Trinajstić information content (AvgIpc) is 2.59. The summed E-state index contributed by atoms with van der Waals surface area (Å²) in [6, 6.07) is 12.7. The number of piperidine rings is 2. The SMILES string of the molecule is Cc1ccc(-c2ccc(O[C@H]3CCN4CCC[C@H]3C4)nc2)cc1. The number of ether oxygens (including phenoxy) is 1. The van der Waals surface area contributed by atoms with E-state index >= 15 is 0 Å². The molecule has 0 radical (unpaired) electrons. The zero-order valence-electron chi connectivity index (χ0n) is 13.7. The largest absolute Gasteiger partial charge is 0.474 e. The van der Waals surface area contributed by atoms with Gasteiger partial charge in [0.1, 0.15) is 6.10 Å². The maximum atomic E-state index is 6.21. The lowest BCUT2D eigenvalue weighted by atomic mass is 9.87. The Labute approximate surface area is 138 Å². The van der Waals surface area contributed by atoms with Crippen LogP contribution in [0.3, 0.4) is 0 Å². The molecule has 120 valence electrons. The molecule has 2 aliphatic rings. The quantitative estimate of drug-likeness (QED) is 0.859. The van der Waals surface area contributed by atoms with Crippen LogP contribution in [0, 0.1) is 12.8 Å². The molecule has 23 heavy (non-hydrogen) atoms. The molecule has 0 saturated carbocycles. The van der Waals surface area contributed by atoms with Gasteiger partial charge in [-0.2, -0.15) is 0 Å². The number of hydrogen-bond donors (Lipinski definition) is 0. The van der Waals surface area contributed by atoms with Crippen molar-refractivity contribution in [3.63, 3.8) is 0 Å². The molecule has 2 aromatic rings. The average molecular weight is 308 g/mol. The summed E-state index contributed by atoms with van der Waals surface area (Å²) in [5.41, 5.74) is 3.63. The Morgan fingerprint density at radius 1 is 1.00 bits per heavy atom. The minimum atomic E-state index is 0.337. The first-order valence-electron chi connectivity index (χ1n) is 8.70. The molecule has 2 aliphatic heterocycles. The summed E-state index contributed by atoms with van der Waals surface area (Å²) in [5, 5.41) is 0. The van der Waals surface area contributed by atoms with Crippen LogP contribution in [0.1, 0.15) is 24.8 Å². The van der Waals surface area contributed by atoms with E-state index in [0.717, 1.165) is 17.9 Å². The fourth-order valence-electron chi connectivity index (χ4n) is 3.82. The number of rotatable bonds is 3. The van der Waals surface area contributed by atoms with Crippen molar-refractivity contribution in [1.82, 2.24) is 9.88 Å². The Bertz CT molecular complexity index is 650. The van der Waals surface area contributed by atoms with Crippen molar-refractivity contribution in [2.75, 3.05) is 19.6 Å². The molecule has 0 spiro atoms. The molecule has 0 N–H and O–H groups in total. The fourth-order valence-corrected chi connectivity index (χ4v) is 3.82. The highest BCUT2D eigenvalue weighted by molar-refractivity contribution is 5.62. The summed E-state index contributed by atoms with van der Waals surface area (Å²) in [5.74, 6) is 1.45. The molecule has 3 heteroatoms. The minimum absolute atomic E-state index is 0.337. The van der Waals surface area contributed by atoms with Crippen LogP contribution in [0.4, 0.5) is 0 Å². The lowest BCUT2D eigenvalue weighted by Crippen LogP contribution is -2.49. The Balaban J connectivity index is 1.45. The predicted octanol–water partition coefficient (Wildman–Crippen LogP) is 3.92. The third-order valence-electron chi connectivity index (χ3n) is 5.19. The first-order chi connectivity index (χ1) is 11.3. The van der Waals surface area contributed by atoms with E-state index in [1.165, 1.54) is 43.6 Å². The van der Waals surface area contributed by atoms with Gasteiger partial charge in [0.15, 0.2) is 0 Å². The third kappa shape index (κ3) is 3.25. The number of aryl methyl sites for hydroxylation is 1. The van der Waals surface area contributed by atoms with E-state index in [9.17, 15) is 0 Å². The van der Waals surface area contributed by atoms with E-state index in [1.54, 1.807) is 0 Å². The summed E-state index contributed by atoms with van der Waals surface area (Å²) < 4.78 is 6.21. The second kappa shape index (κ2) is 6.32. The van der Waals surface area contributed by atoms with Gasteiger partial charge in [0.2, 0.25) is 5.88 Å². The summed E-state index contributed by atoms with van der Waals surface area (Å²) in [6.45, 7) is 5.75. The zero-order valence-corrected chi connectivity index (χ0v) is 13.7. The van der Waals surface area contributed by atoms with Gasteiger partial charge in [-0.25, -0.2) is 4.98 Å². The Hall–Kier alpha value is -1.87. The van der Waals surface area contributed by atoms with Crippen LogP contribution in [0.2, 0.25) is 0 Å². The highest BCUT2D eigenvalue weighted by atomic mass is 16.5. The van der Waals surface area contributed by atoms with Gasteiger partial charge in [0.25, 0.3) is 0 Å². The second-order valence-corrected chi connectivity index (χ2v) is 6.90. The summed E-state index contributed by atoms with van der Waals surface area (Å²) in [7, 11) is 0. The van der Waals surface area contributed by atoms with Gasteiger partial charge in [-0.05, 0) is 44.4 Å². The van der Waals surface area contributed by atoms with Gasteiger partial charge >= 0.3 is 0 Å². The maximum absolute atomic E-state index is 6.21. The Morgan fingerprint density at radius 2 is 1.83 bits per heavy atom. The number of aromatic nitrogens is 1. The van der Waals surface area contributed by atoms with Crippen LogP contribution in [-0.2, 0) is 0 Å². The van der Waals surface area contributed by atoms with Gasteiger partial charge in [0, 0.05) is 36.8 Å². The first-order valence-corrected chi connectivity index (χ1v) is 8.70. The van der Waals surface area contributed by atoms with Crippen molar-refractivity contribution in [2.24, 2.45) is 5.92 Å². The van der Waals surface area contributed by atoms with Crippen LogP contribution < -0.4 is 4.74 Å². The van der Waals surface area contributed by atoms with E-state index < -0.39 is 0 Å². The van der Waals surface area contributed by atoms with Gasteiger partial charge in [-0.1, -0.05) is 29.8 Å². The molecule has 1 unspecified atom stereocenters. The lowest BCUT2D eigenvalue weighted by Gasteiger charge is -2.42. The topological polar surface area (TPSA) is 25.4 Å². The van der Waals surface area contributed by atoms with Crippen LogP contribution in [-0.4, -0.2) is 35.6 Å². The van der Waals surface area contributed by atoms with Gasteiger partial charge in [0.05, 0.1) is 0 Å². The normalized spacial score (nSPS) is 26.7. The molecule has 1 aromatic heterocycles. The van der Waals surface area contributed by atoms with Gasteiger partial charge in [-0.3, -0.25) is 0 Å². The maximum Gasteiger partial charge on any atom is 0.213 e. The highest BCUT2D eigenvalue weighted by Gasteiger charge is 2.33. The summed E-state index contributed by atoms with van der Waals surface area (Å²) in [6.07, 6.45) is 6.00. The standard InChI is InChI=1S/C20H24N2O/c1-15-4-6-16(7-5-15)17-8-9-20(21-13-17)23-19-10-12-22-11-2-3-18(19)14-22/h4-9,13,18-19H,2-3,10-12,14H2,1H3/t18-,19-/m0/s1. The Kier molecular flexibility index (Phi) is 4.04. The van der Waals surface area contributed by atoms with Gasteiger partial charge < -0.3 is 9.64 Å². The van der Waals surface area contributed by atoms with Gasteiger partial charge in [-0.15, -0.1) is 0 Å². The van der Waals surface area contributed by atoms with Crippen molar-refractivity contribution in [3.05, 3.63) is 48.2 Å². The monoisotopic (exact) mass is 308 g/mol. The minimum Gasteiger partial charge on any atom is -0.474 e. The number of pyridine rings is 1. The molecule has 3 nitrogen and oxygen atoms in total. The molecule has 3 atom stereocenters. The van der Waals surface area contributed by atoms with Crippen molar-refractivity contribution in [1.29, 1.82) is 0 Å². The molecule has 0 amide bonds. The van der Waals surface area contributed by atoms with Crippen LogP contribution in [0.15, 0.2) is 42.6 Å². The molecule has 2 fully saturated rings. The van der Waals surface area contributed by atoms with Crippen LogP contribution in [0.25, 0.3) is 11.1 Å². The van der Waals surface area contributed by atoms with Crippen molar-refractivity contribution in [3.8, 4) is 17.0 Å². The van der Waals surface area contributed by atoms with Crippen molar-refractivity contribution < 1.29 is 4.74 Å². The first kappa shape index (κ1) is 14.7. The highest BCUT2D eigenvalue weighted by Crippen LogP contribution is 2.30. The smallest absolute Gasteiger partial charge is 0.213 e. The lowest BCUT2D eigenvalue weighted by molar-refractivity contribution is 0.0128. The molecule has 0 aliphatic carbocycles. The van der Waals surface area contributed by atoms with E-state index in [0.29, 0.717) is 12.0 Å². The second-order valence-electron chi connectivity index (χ2n) is 6.90. The third-order valence-corrected chi connectivity index (χ3v) is 5.19. The molecule has 2 saturated heterocycles. The number of benzene rings is 1. The van der Waals surface area contributed by atoms with E-state index in [2.05, 4.69) is 47.1 Å². The summed E-state index contributed by atoms with van der Waals surface area (Å²) >= 11 is 0. The van der Waals surface area contributed by atoms with E-state index in [-0.39, 0.29) is 0 Å². The molecule has 4 rings (SSSR count). The number of fused-ring (bicyclic) bond motifs is 2. The molecular formula is C20H24N2O. The molecule has 1 aromatic carbocycles. The van der Waals surface area contributed by atoms with E-state index in [4.69, 9.17) is 4.74 Å². The van der Waals surface area contributed by atoms with Crippen molar-refractivity contribution >= 4 is 0 Å². The summed E-state index contributed by atoms with van der Waals surface area (Å²) in [4.78, 5) is 7.11. The molecular weight excluding hydrogens is 284 g/mol. The van der Waals surface area contributed by atoms with Crippen LogP contribution >= 0.6 is 0 Å². The van der Waals surface area contributed by atoms with Crippen molar-refractivity contribution in [2.45, 2.75) is 32.3 Å². The van der Waals surface area contributed by atoms with E-state index in [1.807, 2.05) is 12.3 Å². The number of hydrogen-bond acceptors (Lipinski definition) is 3. The zero-order chi connectivity index (χ0) is 15.6. The van der Waals surface area contributed by atoms with Crippen LogP contribution in [0.5, 0.6) is 5.88 Å². The number of nitrogens with zero attached hydrogens (tertiary/aromatic N) is 2. The Morgan fingerprint density at radius 3 is 2.61 bits per heavy atom. The molecule has 3 heterocycles.